The zero-order chi connectivity index (χ0) is 15.4. The first kappa shape index (κ1) is 14.5. The molecule has 0 atom stereocenters. The average molecular weight is 286 g/mol. The van der Waals surface area contributed by atoms with Crippen molar-refractivity contribution in [3.63, 3.8) is 0 Å². The van der Waals surface area contributed by atoms with E-state index >= 15 is 0 Å². The SMILES string of the molecule is Cc1cc(C(=O)N(CC(=O)O)c2ccc(O)cc2)ccn1. The van der Waals surface area contributed by atoms with Crippen molar-refractivity contribution in [1.29, 1.82) is 0 Å². The van der Waals surface area contributed by atoms with Gasteiger partial charge >= 0.3 is 5.97 Å². The summed E-state index contributed by atoms with van der Waals surface area (Å²) in [6, 6.07) is 8.90. The number of amides is 1. The molecule has 0 fully saturated rings. The third-order valence-corrected chi connectivity index (χ3v) is 2.84. The van der Waals surface area contributed by atoms with Gasteiger partial charge in [-0.1, -0.05) is 0 Å². The molecule has 1 aromatic carbocycles. The van der Waals surface area contributed by atoms with Crippen LogP contribution >= 0.6 is 0 Å². The van der Waals surface area contributed by atoms with Crippen LogP contribution in [0.5, 0.6) is 5.75 Å². The number of carbonyl (C=O) groups excluding carboxylic acids is 1. The molecule has 0 unspecified atom stereocenters. The zero-order valence-corrected chi connectivity index (χ0v) is 11.4. The highest BCUT2D eigenvalue weighted by atomic mass is 16.4. The number of nitrogens with zero attached hydrogens (tertiary/aromatic N) is 2. The molecular formula is C15H14N2O4. The molecular weight excluding hydrogens is 272 g/mol. The summed E-state index contributed by atoms with van der Waals surface area (Å²) in [7, 11) is 0. The number of phenolic OH excluding ortho intramolecular Hbond substituents is 1. The second-order valence-electron chi connectivity index (χ2n) is 4.49. The Balaban J connectivity index is 2.38. The van der Waals surface area contributed by atoms with E-state index in [0.717, 1.165) is 4.90 Å². The van der Waals surface area contributed by atoms with Gasteiger partial charge in [0.05, 0.1) is 0 Å². The van der Waals surface area contributed by atoms with Gasteiger partial charge in [-0.2, -0.15) is 0 Å². The van der Waals surface area contributed by atoms with Gasteiger partial charge in [0.2, 0.25) is 0 Å². The maximum absolute atomic E-state index is 12.5. The number of hydrogen-bond donors (Lipinski definition) is 2. The second kappa shape index (κ2) is 6.04. The smallest absolute Gasteiger partial charge is 0.323 e. The van der Waals surface area contributed by atoms with Gasteiger partial charge in [-0.15, -0.1) is 0 Å². The quantitative estimate of drug-likeness (QED) is 0.894. The first-order chi connectivity index (χ1) is 9.97. The van der Waals surface area contributed by atoms with Crippen LogP contribution < -0.4 is 4.90 Å². The predicted octanol–water partition coefficient (Wildman–Crippen LogP) is 1.83. The number of rotatable bonds is 4. The van der Waals surface area contributed by atoms with E-state index in [2.05, 4.69) is 4.98 Å². The first-order valence-electron chi connectivity index (χ1n) is 6.22. The normalized spacial score (nSPS) is 10.1. The van der Waals surface area contributed by atoms with Crippen LogP contribution in [-0.2, 0) is 4.79 Å². The van der Waals surface area contributed by atoms with Gasteiger partial charge in [-0.25, -0.2) is 0 Å². The van der Waals surface area contributed by atoms with Crippen LogP contribution in [0.15, 0.2) is 42.6 Å². The van der Waals surface area contributed by atoms with E-state index in [1.54, 1.807) is 13.0 Å². The fourth-order valence-electron chi connectivity index (χ4n) is 1.88. The molecule has 0 saturated carbocycles. The van der Waals surface area contributed by atoms with Crippen LogP contribution in [-0.4, -0.2) is 33.6 Å². The minimum Gasteiger partial charge on any atom is -0.508 e. The number of aliphatic carboxylic acids is 1. The molecule has 0 bridgehead atoms. The van der Waals surface area contributed by atoms with Gasteiger partial charge < -0.3 is 10.2 Å². The topological polar surface area (TPSA) is 90.7 Å². The number of pyridine rings is 1. The van der Waals surface area contributed by atoms with Gasteiger partial charge in [-0.3, -0.25) is 19.5 Å². The van der Waals surface area contributed by atoms with Crippen LogP contribution in [0.25, 0.3) is 0 Å². The number of hydrogen-bond acceptors (Lipinski definition) is 4. The van der Waals surface area contributed by atoms with Crippen LogP contribution in [0.4, 0.5) is 5.69 Å². The van der Waals surface area contributed by atoms with Gasteiger partial charge in [0.25, 0.3) is 5.91 Å². The Morgan fingerprint density at radius 2 is 1.86 bits per heavy atom. The van der Waals surface area contributed by atoms with Crippen molar-refractivity contribution in [2.24, 2.45) is 0 Å². The van der Waals surface area contributed by atoms with Crippen molar-refractivity contribution in [1.82, 2.24) is 4.98 Å². The van der Waals surface area contributed by atoms with E-state index in [9.17, 15) is 14.7 Å². The Labute approximate surface area is 121 Å². The molecule has 0 aliphatic carbocycles. The maximum atomic E-state index is 12.5. The largest absolute Gasteiger partial charge is 0.508 e. The Kier molecular flexibility index (Phi) is 4.18. The van der Waals surface area contributed by atoms with Gasteiger partial charge in [0.15, 0.2) is 0 Å². The van der Waals surface area contributed by atoms with Gasteiger partial charge in [-0.05, 0) is 43.3 Å². The molecule has 6 nitrogen and oxygen atoms in total. The van der Waals surface area contributed by atoms with Crippen molar-refractivity contribution >= 4 is 17.6 Å². The number of carboxylic acids is 1. The number of benzene rings is 1. The molecule has 1 aromatic heterocycles. The van der Waals surface area contributed by atoms with Crippen molar-refractivity contribution < 1.29 is 19.8 Å². The van der Waals surface area contributed by atoms with Crippen molar-refractivity contribution in [2.45, 2.75) is 6.92 Å². The van der Waals surface area contributed by atoms with Crippen molar-refractivity contribution in [2.75, 3.05) is 11.4 Å². The highest BCUT2D eigenvalue weighted by molar-refractivity contribution is 6.08. The molecule has 0 radical (unpaired) electrons. The van der Waals surface area contributed by atoms with E-state index in [1.165, 1.54) is 36.5 Å². The lowest BCUT2D eigenvalue weighted by Crippen LogP contribution is -2.35. The summed E-state index contributed by atoms with van der Waals surface area (Å²) in [4.78, 5) is 28.6. The highest BCUT2D eigenvalue weighted by Gasteiger charge is 2.20. The second-order valence-corrected chi connectivity index (χ2v) is 4.49. The van der Waals surface area contributed by atoms with E-state index in [0.29, 0.717) is 16.9 Å². The number of anilines is 1. The summed E-state index contributed by atoms with van der Waals surface area (Å²) in [5, 5.41) is 18.3. The molecule has 1 amide bonds. The Bertz CT molecular complexity index is 668. The maximum Gasteiger partial charge on any atom is 0.323 e. The molecule has 0 aliphatic heterocycles. The van der Waals surface area contributed by atoms with Crippen LogP contribution in [0, 0.1) is 6.92 Å². The lowest BCUT2D eigenvalue weighted by atomic mass is 10.2. The Morgan fingerprint density at radius 1 is 1.19 bits per heavy atom. The minimum atomic E-state index is -1.12. The van der Waals surface area contributed by atoms with Crippen LogP contribution in [0.3, 0.4) is 0 Å². The summed E-state index contributed by atoms with van der Waals surface area (Å²) in [6.07, 6.45) is 1.50. The molecule has 0 saturated heterocycles. The Morgan fingerprint density at radius 3 is 2.43 bits per heavy atom. The molecule has 2 aromatic rings. The molecule has 0 aliphatic rings. The van der Waals surface area contributed by atoms with Crippen molar-refractivity contribution in [3.8, 4) is 5.75 Å². The summed E-state index contributed by atoms with van der Waals surface area (Å²) in [6.45, 7) is 1.28. The molecule has 2 N–H and O–H groups in total. The highest BCUT2D eigenvalue weighted by Crippen LogP contribution is 2.20. The summed E-state index contributed by atoms with van der Waals surface area (Å²) in [5.41, 5.74) is 1.42. The van der Waals surface area contributed by atoms with Gasteiger partial charge in [0, 0.05) is 23.1 Å². The standard InChI is InChI=1S/C15H14N2O4/c1-10-8-11(6-7-16-10)15(21)17(9-14(19)20)12-2-4-13(18)5-3-12/h2-8,18H,9H2,1H3,(H,19,20). The zero-order valence-electron chi connectivity index (χ0n) is 11.4. The summed E-state index contributed by atoms with van der Waals surface area (Å²) < 4.78 is 0. The van der Waals surface area contributed by atoms with E-state index in [1.807, 2.05) is 0 Å². The van der Waals surface area contributed by atoms with Crippen LogP contribution in [0.1, 0.15) is 16.1 Å². The molecule has 2 rings (SSSR count). The monoisotopic (exact) mass is 286 g/mol. The van der Waals surface area contributed by atoms with E-state index in [4.69, 9.17) is 5.11 Å². The van der Waals surface area contributed by atoms with E-state index in [-0.39, 0.29) is 5.75 Å². The minimum absolute atomic E-state index is 0.0428. The third-order valence-electron chi connectivity index (χ3n) is 2.84. The lowest BCUT2D eigenvalue weighted by molar-refractivity contribution is -0.135. The fraction of sp³-hybridized carbons (Fsp3) is 0.133. The molecule has 6 heteroatoms. The number of aromatic hydroxyl groups is 1. The summed E-state index contributed by atoms with van der Waals surface area (Å²) >= 11 is 0. The molecule has 108 valence electrons. The number of aromatic nitrogens is 1. The van der Waals surface area contributed by atoms with E-state index < -0.39 is 18.4 Å². The summed E-state index contributed by atoms with van der Waals surface area (Å²) in [5.74, 6) is -1.52. The lowest BCUT2D eigenvalue weighted by Gasteiger charge is -2.21. The van der Waals surface area contributed by atoms with Crippen molar-refractivity contribution in [3.05, 3.63) is 53.9 Å². The number of carboxylic acid groups (broad SMARTS) is 1. The molecule has 1 heterocycles. The Hall–Kier alpha value is -2.89. The molecule has 21 heavy (non-hydrogen) atoms. The number of carbonyl (C=O) groups is 2. The first-order valence-corrected chi connectivity index (χ1v) is 6.22. The van der Waals surface area contributed by atoms with Gasteiger partial charge in [0.1, 0.15) is 12.3 Å². The average Bonchev–Trinajstić information content (AvgIpc) is 2.45. The number of aryl methyl sites for hydroxylation is 1. The number of phenols is 1. The third kappa shape index (κ3) is 3.56. The van der Waals surface area contributed by atoms with Crippen LogP contribution in [0.2, 0.25) is 0 Å². The molecule has 0 spiro atoms. The predicted molar refractivity (Wildman–Crippen MR) is 76.4 cm³/mol. The fourth-order valence-corrected chi connectivity index (χ4v) is 1.88.